The fourth-order valence-corrected chi connectivity index (χ4v) is 5.76. The van der Waals surface area contributed by atoms with E-state index in [0.29, 0.717) is 11.6 Å². The predicted molar refractivity (Wildman–Crippen MR) is 117 cm³/mol. The van der Waals surface area contributed by atoms with Gasteiger partial charge in [0.25, 0.3) is 0 Å². The number of fused-ring (bicyclic) bond motifs is 1. The van der Waals surface area contributed by atoms with E-state index in [4.69, 9.17) is 0 Å². The van der Waals surface area contributed by atoms with Gasteiger partial charge < -0.3 is 10.2 Å². The first-order valence-corrected chi connectivity index (χ1v) is 11.8. The van der Waals surface area contributed by atoms with Crippen LogP contribution in [-0.4, -0.2) is 41.6 Å². The highest BCUT2D eigenvalue weighted by Gasteiger charge is 2.31. The molecule has 1 aromatic carbocycles. The van der Waals surface area contributed by atoms with Crippen LogP contribution in [0.25, 0.3) is 0 Å². The van der Waals surface area contributed by atoms with E-state index in [1.165, 1.54) is 22.5 Å². The Balaban J connectivity index is 1.17. The van der Waals surface area contributed by atoms with Gasteiger partial charge in [0.2, 0.25) is 22.1 Å². The lowest BCUT2D eigenvalue weighted by Crippen LogP contribution is -2.42. The van der Waals surface area contributed by atoms with Crippen LogP contribution in [0.4, 0.5) is 10.3 Å². The summed E-state index contributed by atoms with van der Waals surface area (Å²) in [5.74, 6) is 0.359. The number of nitrogens with one attached hydrogen (secondary N) is 1. The highest BCUT2D eigenvalue weighted by atomic mass is 32.1. The zero-order valence-corrected chi connectivity index (χ0v) is 17.9. The molecule has 158 valence electrons. The third-order valence-corrected chi connectivity index (χ3v) is 7.54. The zero-order chi connectivity index (χ0) is 20.5. The van der Waals surface area contributed by atoms with Crippen LogP contribution in [0.1, 0.15) is 55.7 Å². The number of benzene rings is 1. The van der Waals surface area contributed by atoms with Gasteiger partial charge in [0.05, 0.1) is 6.04 Å². The van der Waals surface area contributed by atoms with Gasteiger partial charge in [-0.3, -0.25) is 14.5 Å². The van der Waals surface area contributed by atoms with Crippen molar-refractivity contribution in [3.8, 4) is 0 Å². The van der Waals surface area contributed by atoms with Gasteiger partial charge in [0, 0.05) is 32.0 Å². The molecule has 0 saturated carbocycles. The number of carbonyl (C=O) groups is 2. The van der Waals surface area contributed by atoms with Crippen molar-refractivity contribution >= 4 is 33.4 Å². The van der Waals surface area contributed by atoms with Crippen LogP contribution in [0.15, 0.2) is 24.3 Å². The van der Waals surface area contributed by atoms with Gasteiger partial charge in [-0.15, -0.1) is 10.2 Å². The summed E-state index contributed by atoms with van der Waals surface area (Å²) in [6.07, 6.45) is 6.37. The summed E-state index contributed by atoms with van der Waals surface area (Å²) >= 11 is 1.48. The molecule has 0 spiro atoms. The van der Waals surface area contributed by atoms with E-state index in [1.54, 1.807) is 4.90 Å². The summed E-state index contributed by atoms with van der Waals surface area (Å²) in [7, 11) is 0. The second-order valence-electron chi connectivity index (χ2n) is 8.43. The Labute approximate surface area is 180 Å². The molecule has 3 aliphatic rings. The lowest BCUT2D eigenvalue weighted by molar-refractivity contribution is -0.126. The number of nitrogens with zero attached hydrogens (tertiary/aromatic N) is 4. The topological polar surface area (TPSA) is 78.4 Å². The number of amides is 2. The molecular weight excluding hydrogens is 398 g/mol. The molecule has 2 aliphatic heterocycles. The average molecular weight is 426 g/mol. The highest BCUT2D eigenvalue weighted by Crippen LogP contribution is 2.33. The summed E-state index contributed by atoms with van der Waals surface area (Å²) < 4.78 is 0. The summed E-state index contributed by atoms with van der Waals surface area (Å²) in [5.41, 5.74) is 2.65. The Morgan fingerprint density at radius 3 is 2.60 bits per heavy atom. The minimum Gasteiger partial charge on any atom is -0.349 e. The normalized spacial score (nSPS) is 22.3. The third-order valence-electron chi connectivity index (χ3n) is 6.53. The Hall–Kier alpha value is -2.48. The van der Waals surface area contributed by atoms with Crippen molar-refractivity contribution in [1.29, 1.82) is 0 Å². The van der Waals surface area contributed by atoms with E-state index in [9.17, 15) is 9.59 Å². The molecule has 5 rings (SSSR count). The first kappa shape index (κ1) is 19.5. The van der Waals surface area contributed by atoms with Crippen molar-refractivity contribution in [2.45, 2.75) is 51.0 Å². The fourth-order valence-electron chi connectivity index (χ4n) is 4.82. The second-order valence-corrected chi connectivity index (χ2v) is 9.36. The van der Waals surface area contributed by atoms with Crippen molar-refractivity contribution in [2.75, 3.05) is 29.4 Å². The van der Waals surface area contributed by atoms with Crippen LogP contribution in [0.2, 0.25) is 0 Å². The number of anilines is 2. The van der Waals surface area contributed by atoms with E-state index in [0.717, 1.165) is 63.3 Å². The molecule has 1 N–H and O–H groups in total. The van der Waals surface area contributed by atoms with Crippen molar-refractivity contribution in [1.82, 2.24) is 15.5 Å². The van der Waals surface area contributed by atoms with Crippen LogP contribution >= 0.6 is 11.3 Å². The van der Waals surface area contributed by atoms with Crippen molar-refractivity contribution in [3.63, 3.8) is 0 Å². The molecule has 8 heteroatoms. The molecule has 30 heavy (non-hydrogen) atoms. The van der Waals surface area contributed by atoms with Gasteiger partial charge in [-0.25, -0.2) is 0 Å². The lowest BCUT2D eigenvalue weighted by atomic mass is 9.87. The molecule has 1 aromatic heterocycles. The molecule has 7 nitrogen and oxygen atoms in total. The maximum absolute atomic E-state index is 12.9. The van der Waals surface area contributed by atoms with Crippen LogP contribution in [0.5, 0.6) is 0 Å². The van der Waals surface area contributed by atoms with Gasteiger partial charge >= 0.3 is 0 Å². The monoisotopic (exact) mass is 425 g/mol. The van der Waals surface area contributed by atoms with Crippen molar-refractivity contribution < 1.29 is 9.59 Å². The van der Waals surface area contributed by atoms with E-state index in [2.05, 4.69) is 44.7 Å². The van der Waals surface area contributed by atoms with E-state index in [-0.39, 0.29) is 23.8 Å². The number of piperidine rings is 1. The van der Waals surface area contributed by atoms with Gasteiger partial charge in [-0.05, 0) is 49.7 Å². The standard InChI is InChI=1S/C22H27N5O2S/c28-19-9-4-12-27(19)22-25-24-21(30-22)26-13-10-16(11-14-26)20(29)23-18-8-3-6-15-5-1-2-7-17(15)18/h1-2,5,7,16,18H,3-4,6,8-14H2,(H,23,29). The SMILES string of the molecule is O=C(NC1CCCc2ccccc21)C1CCN(c2nnc(N3CCCC3=O)s2)CC1. The summed E-state index contributed by atoms with van der Waals surface area (Å²) in [6.45, 7) is 2.32. The van der Waals surface area contributed by atoms with Crippen molar-refractivity contribution in [3.05, 3.63) is 35.4 Å². The smallest absolute Gasteiger partial charge is 0.228 e. The van der Waals surface area contributed by atoms with E-state index in [1.807, 2.05) is 0 Å². The minimum absolute atomic E-state index is 0.0443. The average Bonchev–Trinajstić information content (AvgIpc) is 3.43. The van der Waals surface area contributed by atoms with Crippen LogP contribution < -0.4 is 15.1 Å². The van der Waals surface area contributed by atoms with Crippen molar-refractivity contribution in [2.24, 2.45) is 5.92 Å². The number of rotatable bonds is 4. The van der Waals surface area contributed by atoms with Crippen LogP contribution in [-0.2, 0) is 16.0 Å². The Bertz CT molecular complexity index is 937. The van der Waals surface area contributed by atoms with Gasteiger partial charge in [-0.1, -0.05) is 35.6 Å². The Morgan fingerprint density at radius 1 is 1.00 bits per heavy atom. The second kappa shape index (κ2) is 8.34. The van der Waals surface area contributed by atoms with Gasteiger partial charge in [0.15, 0.2) is 0 Å². The Morgan fingerprint density at radius 2 is 1.80 bits per heavy atom. The fraction of sp³-hybridized carbons (Fsp3) is 0.545. The highest BCUT2D eigenvalue weighted by molar-refractivity contribution is 7.19. The molecule has 2 amide bonds. The number of carbonyl (C=O) groups excluding carboxylic acids is 2. The van der Waals surface area contributed by atoms with Crippen LogP contribution in [0.3, 0.4) is 0 Å². The largest absolute Gasteiger partial charge is 0.349 e. The predicted octanol–water partition coefficient (Wildman–Crippen LogP) is 3.08. The van der Waals surface area contributed by atoms with E-state index >= 15 is 0 Å². The molecule has 2 aromatic rings. The molecular formula is C22H27N5O2S. The summed E-state index contributed by atoms with van der Waals surface area (Å²) in [5, 5.41) is 13.4. The first-order chi connectivity index (χ1) is 14.7. The molecule has 1 unspecified atom stereocenters. The first-order valence-electron chi connectivity index (χ1n) is 11.0. The van der Waals surface area contributed by atoms with Gasteiger partial charge in [-0.2, -0.15) is 0 Å². The van der Waals surface area contributed by atoms with E-state index < -0.39 is 0 Å². The minimum atomic E-state index is 0.0443. The molecule has 0 bridgehead atoms. The number of aromatic nitrogens is 2. The zero-order valence-electron chi connectivity index (χ0n) is 17.0. The maximum atomic E-state index is 12.9. The molecule has 1 atom stereocenters. The number of aryl methyl sites for hydroxylation is 1. The summed E-state index contributed by atoms with van der Waals surface area (Å²) in [6, 6.07) is 8.62. The number of hydrogen-bond donors (Lipinski definition) is 1. The Kier molecular flexibility index (Phi) is 5.41. The summed E-state index contributed by atoms with van der Waals surface area (Å²) in [4.78, 5) is 28.8. The third kappa shape index (κ3) is 3.80. The van der Waals surface area contributed by atoms with Crippen LogP contribution in [0, 0.1) is 5.92 Å². The lowest BCUT2D eigenvalue weighted by Gasteiger charge is -2.33. The maximum Gasteiger partial charge on any atom is 0.228 e. The molecule has 2 fully saturated rings. The molecule has 3 heterocycles. The molecule has 1 aliphatic carbocycles. The van der Waals surface area contributed by atoms with Gasteiger partial charge in [0.1, 0.15) is 0 Å². The number of hydrogen-bond acceptors (Lipinski definition) is 6. The quantitative estimate of drug-likeness (QED) is 0.815. The molecule has 0 radical (unpaired) electrons. The molecule has 2 saturated heterocycles.